The van der Waals surface area contributed by atoms with Crippen molar-refractivity contribution in [3.63, 3.8) is 0 Å². The molecule has 6 heteroatoms. The van der Waals surface area contributed by atoms with Gasteiger partial charge in [0.2, 0.25) is 5.91 Å². The third kappa shape index (κ3) is 5.04. The largest absolute Gasteiger partial charge is 0.340 e. The molecular formula is C16H24N4O2. The highest BCUT2D eigenvalue weighted by Gasteiger charge is 2.19. The van der Waals surface area contributed by atoms with Crippen LogP contribution in [0.5, 0.6) is 0 Å². The van der Waals surface area contributed by atoms with Crippen LogP contribution in [0.2, 0.25) is 0 Å². The topological polar surface area (TPSA) is 64.7 Å². The van der Waals surface area contributed by atoms with Crippen molar-refractivity contribution in [2.45, 2.75) is 13.3 Å². The molecule has 0 unspecified atom stereocenters. The van der Waals surface area contributed by atoms with Crippen molar-refractivity contribution < 1.29 is 9.59 Å². The number of para-hydroxylation sites is 1. The lowest BCUT2D eigenvalue weighted by molar-refractivity contribution is -0.132. The van der Waals surface area contributed by atoms with E-state index in [1.807, 2.05) is 35.2 Å². The lowest BCUT2D eigenvalue weighted by Crippen LogP contribution is -2.49. The Kier molecular flexibility index (Phi) is 6.21. The summed E-state index contributed by atoms with van der Waals surface area (Å²) in [6.45, 7) is 6.95. The number of anilines is 1. The van der Waals surface area contributed by atoms with Gasteiger partial charge in [0, 0.05) is 44.8 Å². The molecule has 0 aromatic heterocycles. The zero-order valence-electron chi connectivity index (χ0n) is 13.0. The van der Waals surface area contributed by atoms with E-state index in [-0.39, 0.29) is 11.9 Å². The minimum atomic E-state index is -0.283. The zero-order chi connectivity index (χ0) is 15.8. The first kappa shape index (κ1) is 16.3. The molecule has 0 radical (unpaired) electrons. The second kappa shape index (κ2) is 8.38. The van der Waals surface area contributed by atoms with Crippen molar-refractivity contribution in [2.24, 2.45) is 0 Å². The minimum absolute atomic E-state index is 0.107. The smallest absolute Gasteiger partial charge is 0.319 e. The van der Waals surface area contributed by atoms with Gasteiger partial charge in [-0.25, -0.2) is 4.79 Å². The molecule has 0 spiro atoms. The fraction of sp³-hybridized carbons (Fsp3) is 0.500. The number of nitrogens with zero attached hydrogens (tertiary/aromatic N) is 2. The number of benzene rings is 1. The predicted octanol–water partition coefficient (Wildman–Crippen LogP) is 1.36. The maximum Gasteiger partial charge on any atom is 0.319 e. The summed E-state index contributed by atoms with van der Waals surface area (Å²) in [5.41, 5.74) is 0.738. The van der Waals surface area contributed by atoms with E-state index in [0.717, 1.165) is 38.4 Å². The SMILES string of the molecule is CCN1CCN(C(=O)CCNC(=O)Nc2ccccc2)CC1. The Hall–Kier alpha value is -2.08. The number of hydrogen-bond acceptors (Lipinski definition) is 3. The highest BCUT2D eigenvalue weighted by atomic mass is 16.2. The summed E-state index contributed by atoms with van der Waals surface area (Å²) in [6.07, 6.45) is 0.342. The number of nitrogens with one attached hydrogen (secondary N) is 2. The number of rotatable bonds is 5. The summed E-state index contributed by atoms with van der Waals surface area (Å²) in [5.74, 6) is 0.107. The minimum Gasteiger partial charge on any atom is -0.340 e. The third-order valence-electron chi connectivity index (χ3n) is 3.83. The number of carbonyl (C=O) groups excluding carboxylic acids is 2. The van der Waals surface area contributed by atoms with Gasteiger partial charge in [0.25, 0.3) is 0 Å². The van der Waals surface area contributed by atoms with E-state index in [0.29, 0.717) is 13.0 Å². The van der Waals surface area contributed by atoms with Gasteiger partial charge in [0.05, 0.1) is 0 Å². The van der Waals surface area contributed by atoms with Crippen molar-refractivity contribution in [1.29, 1.82) is 0 Å². The molecule has 1 aliphatic heterocycles. The lowest BCUT2D eigenvalue weighted by Gasteiger charge is -2.34. The molecule has 0 atom stereocenters. The fourth-order valence-electron chi connectivity index (χ4n) is 2.45. The van der Waals surface area contributed by atoms with Gasteiger partial charge in [0.1, 0.15) is 0 Å². The van der Waals surface area contributed by atoms with E-state index in [9.17, 15) is 9.59 Å². The van der Waals surface area contributed by atoms with Crippen molar-refractivity contribution in [1.82, 2.24) is 15.1 Å². The van der Waals surface area contributed by atoms with E-state index in [1.165, 1.54) is 0 Å². The van der Waals surface area contributed by atoms with Gasteiger partial charge in [-0.3, -0.25) is 4.79 Å². The Morgan fingerprint density at radius 3 is 2.41 bits per heavy atom. The zero-order valence-corrected chi connectivity index (χ0v) is 13.0. The molecular weight excluding hydrogens is 280 g/mol. The first-order chi connectivity index (χ1) is 10.7. The van der Waals surface area contributed by atoms with Crippen LogP contribution in [0.15, 0.2) is 30.3 Å². The van der Waals surface area contributed by atoms with Crippen LogP contribution in [0.3, 0.4) is 0 Å². The molecule has 6 nitrogen and oxygen atoms in total. The van der Waals surface area contributed by atoms with Crippen LogP contribution < -0.4 is 10.6 Å². The summed E-state index contributed by atoms with van der Waals surface area (Å²) in [4.78, 5) is 28.0. The number of carbonyl (C=O) groups is 2. The third-order valence-corrected chi connectivity index (χ3v) is 3.83. The molecule has 1 saturated heterocycles. The van der Waals surface area contributed by atoms with Crippen LogP contribution in [-0.2, 0) is 4.79 Å². The normalized spacial score (nSPS) is 15.4. The van der Waals surface area contributed by atoms with Crippen molar-refractivity contribution in [3.05, 3.63) is 30.3 Å². The number of hydrogen-bond donors (Lipinski definition) is 2. The predicted molar refractivity (Wildman–Crippen MR) is 86.8 cm³/mol. The van der Waals surface area contributed by atoms with Gasteiger partial charge in [-0.15, -0.1) is 0 Å². The van der Waals surface area contributed by atoms with Crippen LogP contribution in [0.4, 0.5) is 10.5 Å². The van der Waals surface area contributed by atoms with Crippen LogP contribution >= 0.6 is 0 Å². The Morgan fingerprint density at radius 2 is 1.77 bits per heavy atom. The second-order valence-corrected chi connectivity index (χ2v) is 5.31. The summed E-state index contributed by atoms with van der Waals surface area (Å²) < 4.78 is 0. The average molecular weight is 304 g/mol. The number of likely N-dealkylation sites (N-methyl/N-ethyl adjacent to an activating group) is 1. The molecule has 1 fully saturated rings. The Bertz CT molecular complexity index is 484. The summed E-state index contributed by atoms with van der Waals surface area (Å²) >= 11 is 0. The van der Waals surface area contributed by atoms with E-state index in [4.69, 9.17) is 0 Å². The first-order valence-electron chi connectivity index (χ1n) is 7.79. The molecule has 3 amide bonds. The molecule has 1 aliphatic rings. The lowest BCUT2D eigenvalue weighted by atomic mass is 10.2. The van der Waals surface area contributed by atoms with Crippen LogP contribution in [0, 0.1) is 0 Å². The van der Waals surface area contributed by atoms with E-state index >= 15 is 0 Å². The molecule has 0 bridgehead atoms. The standard InChI is InChI=1S/C16H24N4O2/c1-2-19-10-12-20(13-11-19)15(21)8-9-17-16(22)18-14-6-4-3-5-7-14/h3-7H,2,8-13H2,1H3,(H2,17,18,22). The highest BCUT2D eigenvalue weighted by molar-refractivity contribution is 5.89. The second-order valence-electron chi connectivity index (χ2n) is 5.31. The number of urea groups is 1. The molecule has 0 aliphatic carbocycles. The molecule has 1 aromatic carbocycles. The quantitative estimate of drug-likeness (QED) is 0.863. The van der Waals surface area contributed by atoms with Gasteiger partial charge in [0.15, 0.2) is 0 Å². The van der Waals surface area contributed by atoms with Gasteiger partial charge < -0.3 is 20.4 Å². The highest BCUT2D eigenvalue weighted by Crippen LogP contribution is 2.05. The first-order valence-corrected chi connectivity index (χ1v) is 7.79. The molecule has 1 heterocycles. The molecule has 120 valence electrons. The average Bonchev–Trinajstić information content (AvgIpc) is 2.55. The van der Waals surface area contributed by atoms with E-state index < -0.39 is 0 Å². The summed E-state index contributed by atoms with van der Waals surface area (Å²) in [7, 11) is 0. The van der Waals surface area contributed by atoms with Crippen LogP contribution in [0.1, 0.15) is 13.3 Å². The summed E-state index contributed by atoms with van der Waals surface area (Å²) in [6, 6.07) is 8.95. The molecule has 2 N–H and O–H groups in total. The summed E-state index contributed by atoms with van der Waals surface area (Å²) in [5, 5.41) is 5.44. The number of piperazine rings is 1. The molecule has 1 aromatic rings. The Balaban J connectivity index is 1.64. The van der Waals surface area contributed by atoms with E-state index in [2.05, 4.69) is 22.5 Å². The molecule has 22 heavy (non-hydrogen) atoms. The van der Waals surface area contributed by atoms with Crippen molar-refractivity contribution in [2.75, 3.05) is 44.6 Å². The number of amides is 3. The Labute approximate surface area is 131 Å². The van der Waals surface area contributed by atoms with Gasteiger partial charge in [-0.05, 0) is 18.7 Å². The maximum atomic E-state index is 12.1. The Morgan fingerprint density at radius 1 is 1.09 bits per heavy atom. The van der Waals surface area contributed by atoms with Crippen molar-refractivity contribution in [3.8, 4) is 0 Å². The van der Waals surface area contributed by atoms with Crippen LogP contribution in [-0.4, -0.2) is 61.0 Å². The molecule has 0 saturated carbocycles. The van der Waals surface area contributed by atoms with Gasteiger partial charge in [-0.1, -0.05) is 25.1 Å². The van der Waals surface area contributed by atoms with Crippen molar-refractivity contribution >= 4 is 17.6 Å². The van der Waals surface area contributed by atoms with E-state index in [1.54, 1.807) is 0 Å². The fourth-order valence-corrected chi connectivity index (χ4v) is 2.45. The molecule has 2 rings (SSSR count). The monoisotopic (exact) mass is 304 g/mol. The van der Waals surface area contributed by atoms with Gasteiger partial charge in [-0.2, -0.15) is 0 Å². The van der Waals surface area contributed by atoms with Crippen LogP contribution in [0.25, 0.3) is 0 Å². The maximum absolute atomic E-state index is 12.1. The van der Waals surface area contributed by atoms with Gasteiger partial charge >= 0.3 is 6.03 Å².